The predicted octanol–water partition coefficient (Wildman–Crippen LogP) is 5.20. The smallest absolute Gasteiger partial charge is 0.254 e. The Balaban J connectivity index is 1.14. The van der Waals surface area contributed by atoms with E-state index in [1.807, 2.05) is 18.3 Å². The molecular weight excluding hydrogens is 495 g/mol. The maximum absolute atomic E-state index is 14.3. The Bertz CT molecular complexity index is 1440. The maximum atomic E-state index is 14.3. The molecule has 1 fully saturated rings. The van der Waals surface area contributed by atoms with Crippen molar-refractivity contribution < 1.29 is 13.9 Å². The second-order valence-electron chi connectivity index (χ2n) is 9.44. The van der Waals surface area contributed by atoms with Crippen molar-refractivity contribution >= 4 is 28.3 Å². The highest BCUT2D eigenvalue weighted by molar-refractivity contribution is 6.30. The van der Waals surface area contributed by atoms with Crippen LogP contribution in [0.15, 0.2) is 48.9 Å². The Hall–Kier alpha value is -3.43. The van der Waals surface area contributed by atoms with Crippen LogP contribution in [0.1, 0.15) is 43.0 Å². The second-order valence-corrected chi connectivity index (χ2v) is 9.88. The molecule has 1 saturated heterocycles. The van der Waals surface area contributed by atoms with Crippen molar-refractivity contribution in [3.63, 3.8) is 0 Å². The van der Waals surface area contributed by atoms with Crippen molar-refractivity contribution in [2.75, 3.05) is 6.61 Å². The summed E-state index contributed by atoms with van der Waals surface area (Å²) in [6.45, 7) is 1.70. The number of halogens is 2. The normalized spacial score (nSPS) is 19.5. The number of nitrogens with zero attached hydrogens (tertiary/aromatic N) is 6. The molecule has 2 aliphatic rings. The number of hydrogen-bond donors (Lipinski definition) is 0. The zero-order valence-corrected chi connectivity index (χ0v) is 20.9. The van der Waals surface area contributed by atoms with Crippen LogP contribution < -0.4 is 4.74 Å². The quantitative estimate of drug-likeness (QED) is 0.315. The van der Waals surface area contributed by atoms with Crippen molar-refractivity contribution in [2.45, 2.75) is 51.4 Å². The number of pyridine rings is 2. The largest absolute Gasteiger partial charge is 0.469 e. The van der Waals surface area contributed by atoms with Crippen molar-refractivity contribution in [1.29, 1.82) is 0 Å². The molecule has 10 heteroatoms. The first-order valence-corrected chi connectivity index (χ1v) is 12.9. The minimum absolute atomic E-state index is 0.0794. The average Bonchev–Trinajstić information content (AvgIpc) is 3.24. The fourth-order valence-electron chi connectivity index (χ4n) is 4.76. The standard InChI is InChI=1S/C27H26ClFN6O2/c28-19-7-8-20(31-13-19)16-37-27-22(29)14-32-25(34-27)18-5-3-17(4-6-18)12-24-33-23-2-1-10-30-26(23)35(24)15-21-9-11-36-21/h1-2,5,7-8,10,13-14,17,21H,3-4,6,9,11-12,15-16H2/t17?,21-/m0/s1. The van der Waals surface area contributed by atoms with Gasteiger partial charge in [0.25, 0.3) is 5.88 Å². The molecule has 190 valence electrons. The first-order chi connectivity index (χ1) is 18.1. The summed E-state index contributed by atoms with van der Waals surface area (Å²) in [6, 6.07) is 7.38. The molecule has 37 heavy (non-hydrogen) atoms. The van der Waals surface area contributed by atoms with E-state index in [-0.39, 0.29) is 18.6 Å². The van der Waals surface area contributed by atoms with Gasteiger partial charge in [0.15, 0.2) is 11.5 Å². The lowest BCUT2D eigenvalue weighted by Crippen LogP contribution is -2.32. The van der Waals surface area contributed by atoms with Crippen molar-refractivity contribution in [3.05, 3.63) is 77.1 Å². The van der Waals surface area contributed by atoms with Gasteiger partial charge in [-0.2, -0.15) is 9.37 Å². The molecule has 4 aromatic heterocycles. The molecule has 0 amide bonds. The van der Waals surface area contributed by atoms with E-state index in [0.717, 1.165) is 74.0 Å². The highest BCUT2D eigenvalue weighted by Gasteiger charge is 2.25. The number of aromatic nitrogens is 6. The fraction of sp³-hybridized carbons (Fsp3) is 0.370. The van der Waals surface area contributed by atoms with Crippen LogP contribution in [0.3, 0.4) is 0 Å². The Morgan fingerprint density at radius 2 is 2.03 bits per heavy atom. The van der Waals surface area contributed by atoms with Gasteiger partial charge in [-0.1, -0.05) is 17.7 Å². The molecule has 8 nitrogen and oxygen atoms in total. The molecule has 1 aliphatic heterocycles. The highest BCUT2D eigenvalue weighted by Crippen LogP contribution is 2.32. The van der Waals surface area contributed by atoms with Gasteiger partial charge in [-0.15, -0.1) is 0 Å². The molecule has 6 rings (SSSR count). The van der Waals surface area contributed by atoms with Gasteiger partial charge >= 0.3 is 0 Å². The van der Waals surface area contributed by atoms with Crippen LogP contribution in [0, 0.1) is 11.7 Å². The van der Waals surface area contributed by atoms with Crippen molar-refractivity contribution in [2.24, 2.45) is 5.92 Å². The van der Waals surface area contributed by atoms with E-state index in [4.69, 9.17) is 26.1 Å². The summed E-state index contributed by atoms with van der Waals surface area (Å²) >= 11 is 5.87. The highest BCUT2D eigenvalue weighted by atomic mass is 35.5. The zero-order chi connectivity index (χ0) is 25.2. The molecule has 0 spiro atoms. The topological polar surface area (TPSA) is 87.8 Å². The molecule has 0 radical (unpaired) electrons. The van der Waals surface area contributed by atoms with Crippen molar-refractivity contribution in [1.82, 2.24) is 29.5 Å². The summed E-state index contributed by atoms with van der Waals surface area (Å²) in [6.07, 6.45) is 11.5. The molecule has 2 atom stereocenters. The summed E-state index contributed by atoms with van der Waals surface area (Å²) in [7, 11) is 0. The van der Waals surface area contributed by atoms with E-state index >= 15 is 0 Å². The first kappa shape index (κ1) is 23.9. The average molecular weight is 521 g/mol. The molecular formula is C27H26ClFN6O2. The van der Waals surface area contributed by atoms with Gasteiger partial charge in [-0.25, -0.2) is 15.0 Å². The van der Waals surface area contributed by atoms with E-state index < -0.39 is 5.82 Å². The summed E-state index contributed by atoms with van der Waals surface area (Å²) in [4.78, 5) is 22.2. The second kappa shape index (κ2) is 10.5. The number of hydrogen-bond acceptors (Lipinski definition) is 7. The van der Waals surface area contributed by atoms with Crippen LogP contribution >= 0.6 is 11.6 Å². The van der Waals surface area contributed by atoms with E-state index in [2.05, 4.69) is 30.6 Å². The Labute approximate surface area is 218 Å². The third-order valence-electron chi connectivity index (χ3n) is 6.90. The van der Waals surface area contributed by atoms with E-state index in [1.54, 1.807) is 12.1 Å². The number of allylic oxidation sites excluding steroid dienone is 2. The van der Waals surface area contributed by atoms with Crippen LogP contribution in [0.5, 0.6) is 5.88 Å². The fourth-order valence-corrected chi connectivity index (χ4v) is 4.87. The lowest BCUT2D eigenvalue weighted by molar-refractivity contribution is -0.0591. The van der Waals surface area contributed by atoms with Gasteiger partial charge in [0, 0.05) is 25.4 Å². The van der Waals surface area contributed by atoms with Crippen LogP contribution in [-0.2, 0) is 24.3 Å². The number of fused-ring (bicyclic) bond motifs is 1. The third kappa shape index (κ3) is 5.33. The summed E-state index contributed by atoms with van der Waals surface area (Å²) in [5, 5.41) is 0.531. The predicted molar refractivity (Wildman–Crippen MR) is 136 cm³/mol. The Kier molecular flexibility index (Phi) is 6.80. The molecule has 0 bridgehead atoms. The van der Waals surface area contributed by atoms with Crippen LogP contribution in [0.25, 0.3) is 16.7 Å². The third-order valence-corrected chi connectivity index (χ3v) is 7.12. The number of rotatable bonds is 8. The lowest BCUT2D eigenvalue weighted by Gasteiger charge is -2.28. The van der Waals surface area contributed by atoms with Gasteiger partial charge < -0.3 is 14.0 Å². The van der Waals surface area contributed by atoms with Gasteiger partial charge in [-0.3, -0.25) is 4.98 Å². The van der Waals surface area contributed by atoms with E-state index in [1.165, 1.54) is 6.20 Å². The van der Waals surface area contributed by atoms with Gasteiger partial charge in [-0.05, 0) is 61.4 Å². The molecule has 0 saturated carbocycles. The van der Waals surface area contributed by atoms with E-state index in [0.29, 0.717) is 22.5 Å². The van der Waals surface area contributed by atoms with Crippen molar-refractivity contribution in [3.8, 4) is 5.88 Å². The maximum Gasteiger partial charge on any atom is 0.254 e. The van der Waals surface area contributed by atoms with Gasteiger partial charge in [0.1, 0.15) is 17.9 Å². The molecule has 4 aromatic rings. The van der Waals surface area contributed by atoms with Crippen LogP contribution in [0.4, 0.5) is 4.39 Å². The van der Waals surface area contributed by atoms with Gasteiger partial charge in [0.05, 0.1) is 29.6 Å². The van der Waals surface area contributed by atoms with Crippen LogP contribution in [-0.4, -0.2) is 42.2 Å². The van der Waals surface area contributed by atoms with Gasteiger partial charge in [0.2, 0.25) is 5.82 Å². The molecule has 5 heterocycles. The number of imidazole rings is 1. The van der Waals surface area contributed by atoms with Crippen LogP contribution in [0.2, 0.25) is 5.02 Å². The summed E-state index contributed by atoms with van der Waals surface area (Å²) in [5.41, 5.74) is 3.48. The SMILES string of the molecule is Fc1cnc(C2=CCC(Cc3nc4cccnc4n3C[C@@H]3CCO3)CC2)nc1OCc1ccc(Cl)cn1. The Morgan fingerprint density at radius 1 is 1.11 bits per heavy atom. The minimum atomic E-state index is -0.602. The van der Waals surface area contributed by atoms with E-state index in [9.17, 15) is 4.39 Å². The Morgan fingerprint density at radius 3 is 2.78 bits per heavy atom. The zero-order valence-electron chi connectivity index (χ0n) is 20.2. The molecule has 0 N–H and O–H groups in total. The molecule has 1 aliphatic carbocycles. The minimum Gasteiger partial charge on any atom is -0.469 e. The lowest BCUT2D eigenvalue weighted by atomic mass is 9.87. The number of ether oxygens (including phenoxy) is 2. The molecule has 0 aromatic carbocycles. The first-order valence-electron chi connectivity index (χ1n) is 12.5. The monoisotopic (exact) mass is 520 g/mol. The summed E-state index contributed by atoms with van der Waals surface area (Å²) in [5.74, 6) is 1.31. The molecule has 1 unspecified atom stereocenters. The summed E-state index contributed by atoms with van der Waals surface area (Å²) < 4.78 is 27.8.